The molecule has 0 aliphatic heterocycles. The Morgan fingerprint density at radius 3 is 2.65 bits per heavy atom. The number of aromatic nitrogens is 1. The molecule has 110 valence electrons. The van der Waals surface area contributed by atoms with E-state index in [1.807, 2.05) is 0 Å². The molecular weight excluding hydrogens is 258 g/mol. The second-order valence-electron chi connectivity index (χ2n) is 5.18. The van der Waals surface area contributed by atoms with Crippen molar-refractivity contribution in [1.29, 1.82) is 0 Å². The third-order valence-electron chi connectivity index (χ3n) is 3.65. The number of amides is 2. The maximum atomic E-state index is 11.8. The molecule has 2 rings (SSSR count). The molecule has 1 saturated carbocycles. The monoisotopic (exact) mass is 279 g/mol. The fourth-order valence-corrected chi connectivity index (χ4v) is 2.60. The third kappa shape index (κ3) is 3.37. The topological polar surface area (TPSA) is 84.2 Å². The lowest BCUT2D eigenvalue weighted by atomic mass is 9.88. The zero-order valence-corrected chi connectivity index (χ0v) is 11.9. The Balaban J connectivity index is 2.15. The van der Waals surface area contributed by atoms with Gasteiger partial charge in [0.1, 0.15) is 5.76 Å². The standard InChI is InChI=1S/C14H21N3O3/c1-9(18)17-12(13(19)15-2)14-16-8-11(20-14)10-6-4-3-5-7-10/h8,10,12H,3-7H2,1-2H3,(H,15,19)(H,17,18). The summed E-state index contributed by atoms with van der Waals surface area (Å²) in [6, 6.07) is -0.866. The van der Waals surface area contributed by atoms with Gasteiger partial charge in [0.15, 0.2) is 6.04 Å². The van der Waals surface area contributed by atoms with E-state index in [2.05, 4.69) is 15.6 Å². The van der Waals surface area contributed by atoms with E-state index in [4.69, 9.17) is 4.42 Å². The second-order valence-corrected chi connectivity index (χ2v) is 5.18. The first kappa shape index (κ1) is 14.6. The van der Waals surface area contributed by atoms with Gasteiger partial charge in [0.25, 0.3) is 5.91 Å². The number of likely N-dealkylation sites (N-methyl/N-ethyl adjacent to an activating group) is 1. The van der Waals surface area contributed by atoms with Gasteiger partial charge in [-0.2, -0.15) is 0 Å². The minimum atomic E-state index is -0.866. The molecule has 1 aromatic heterocycles. The van der Waals surface area contributed by atoms with Crippen molar-refractivity contribution in [3.8, 4) is 0 Å². The van der Waals surface area contributed by atoms with Crippen molar-refractivity contribution in [2.24, 2.45) is 0 Å². The summed E-state index contributed by atoms with van der Waals surface area (Å²) in [5.41, 5.74) is 0. The molecule has 0 aromatic carbocycles. The minimum absolute atomic E-state index is 0.250. The summed E-state index contributed by atoms with van der Waals surface area (Å²) in [5, 5.41) is 5.06. The SMILES string of the molecule is CNC(=O)C(NC(C)=O)c1ncc(C2CCCCC2)o1. The van der Waals surface area contributed by atoms with Gasteiger partial charge in [-0.25, -0.2) is 4.98 Å². The third-order valence-corrected chi connectivity index (χ3v) is 3.65. The minimum Gasteiger partial charge on any atom is -0.443 e. The number of nitrogens with zero attached hydrogens (tertiary/aromatic N) is 1. The summed E-state index contributed by atoms with van der Waals surface area (Å²) >= 11 is 0. The molecule has 1 heterocycles. The van der Waals surface area contributed by atoms with Gasteiger partial charge in [-0.1, -0.05) is 19.3 Å². The lowest BCUT2D eigenvalue weighted by molar-refractivity contribution is -0.128. The molecule has 1 unspecified atom stereocenters. The van der Waals surface area contributed by atoms with Crippen LogP contribution in [0.15, 0.2) is 10.6 Å². The van der Waals surface area contributed by atoms with Gasteiger partial charge >= 0.3 is 0 Å². The maximum Gasteiger partial charge on any atom is 0.252 e. The Kier molecular flexibility index (Phi) is 4.76. The van der Waals surface area contributed by atoms with Crippen molar-refractivity contribution < 1.29 is 14.0 Å². The molecule has 6 heteroatoms. The van der Waals surface area contributed by atoms with Crippen LogP contribution in [0, 0.1) is 0 Å². The normalized spacial score (nSPS) is 17.5. The van der Waals surface area contributed by atoms with Gasteiger partial charge in [-0.15, -0.1) is 0 Å². The largest absolute Gasteiger partial charge is 0.443 e. The number of oxazole rings is 1. The molecule has 2 N–H and O–H groups in total. The van der Waals surface area contributed by atoms with Gasteiger partial charge in [0.2, 0.25) is 11.8 Å². The maximum absolute atomic E-state index is 11.8. The van der Waals surface area contributed by atoms with Crippen molar-refractivity contribution in [2.75, 3.05) is 7.05 Å². The number of rotatable bonds is 4. The second kappa shape index (κ2) is 6.54. The molecule has 1 aliphatic rings. The highest BCUT2D eigenvalue weighted by atomic mass is 16.4. The number of nitrogens with one attached hydrogen (secondary N) is 2. The van der Waals surface area contributed by atoms with Gasteiger partial charge in [0, 0.05) is 19.9 Å². The van der Waals surface area contributed by atoms with Crippen LogP contribution >= 0.6 is 0 Å². The Hall–Kier alpha value is -1.85. The molecular formula is C14H21N3O3. The van der Waals surface area contributed by atoms with Gasteiger partial charge in [0.05, 0.1) is 6.20 Å². The van der Waals surface area contributed by atoms with Gasteiger partial charge in [-0.3, -0.25) is 9.59 Å². The van der Waals surface area contributed by atoms with Crippen LogP contribution in [0.2, 0.25) is 0 Å². The van der Waals surface area contributed by atoms with Crippen molar-refractivity contribution in [1.82, 2.24) is 15.6 Å². The zero-order chi connectivity index (χ0) is 14.5. The van der Waals surface area contributed by atoms with Crippen LogP contribution in [0.3, 0.4) is 0 Å². The Bertz CT molecular complexity index is 478. The van der Waals surface area contributed by atoms with Crippen LogP contribution in [0.4, 0.5) is 0 Å². The highest BCUT2D eigenvalue weighted by Crippen LogP contribution is 2.33. The average Bonchev–Trinajstić information content (AvgIpc) is 2.94. The van der Waals surface area contributed by atoms with Crippen molar-refractivity contribution >= 4 is 11.8 Å². The highest BCUT2D eigenvalue weighted by molar-refractivity contribution is 5.86. The van der Waals surface area contributed by atoms with Gasteiger partial charge < -0.3 is 15.1 Å². The number of hydrogen-bond donors (Lipinski definition) is 2. The van der Waals surface area contributed by atoms with E-state index in [0.29, 0.717) is 5.92 Å². The number of carbonyl (C=O) groups excluding carboxylic acids is 2. The summed E-state index contributed by atoms with van der Waals surface area (Å²) in [6.45, 7) is 1.36. The average molecular weight is 279 g/mol. The van der Waals surface area contributed by atoms with E-state index in [1.165, 1.54) is 33.2 Å². The smallest absolute Gasteiger partial charge is 0.252 e. The summed E-state index contributed by atoms with van der Waals surface area (Å²) in [6.07, 6.45) is 7.54. The molecule has 0 saturated heterocycles. The molecule has 2 amide bonds. The molecule has 1 fully saturated rings. The fourth-order valence-electron chi connectivity index (χ4n) is 2.60. The quantitative estimate of drug-likeness (QED) is 0.877. The fraction of sp³-hybridized carbons (Fsp3) is 0.643. The zero-order valence-electron chi connectivity index (χ0n) is 11.9. The van der Waals surface area contributed by atoms with Crippen molar-refractivity contribution in [3.05, 3.63) is 17.8 Å². The van der Waals surface area contributed by atoms with Crippen LogP contribution in [0.1, 0.15) is 62.6 Å². The Morgan fingerprint density at radius 1 is 1.35 bits per heavy atom. The predicted octanol–water partition coefficient (Wildman–Crippen LogP) is 1.65. The Labute approximate surface area is 118 Å². The van der Waals surface area contributed by atoms with E-state index >= 15 is 0 Å². The van der Waals surface area contributed by atoms with E-state index in [9.17, 15) is 9.59 Å². The van der Waals surface area contributed by atoms with Gasteiger partial charge in [-0.05, 0) is 12.8 Å². The van der Waals surface area contributed by atoms with Crippen molar-refractivity contribution in [3.63, 3.8) is 0 Å². The first-order valence-electron chi connectivity index (χ1n) is 7.06. The van der Waals surface area contributed by atoms with Crippen molar-refractivity contribution in [2.45, 2.75) is 51.0 Å². The molecule has 0 spiro atoms. The van der Waals surface area contributed by atoms with E-state index in [-0.39, 0.29) is 17.7 Å². The summed E-state index contributed by atoms with van der Waals surface area (Å²) in [7, 11) is 1.52. The molecule has 20 heavy (non-hydrogen) atoms. The van der Waals surface area contributed by atoms with Crippen LogP contribution in [0.5, 0.6) is 0 Å². The van der Waals surface area contributed by atoms with Crippen LogP contribution in [0.25, 0.3) is 0 Å². The molecule has 0 bridgehead atoms. The summed E-state index contributed by atoms with van der Waals surface area (Å²) < 4.78 is 5.72. The van der Waals surface area contributed by atoms with E-state index < -0.39 is 6.04 Å². The number of carbonyl (C=O) groups is 2. The Morgan fingerprint density at radius 2 is 2.05 bits per heavy atom. The lowest BCUT2D eigenvalue weighted by Crippen LogP contribution is -2.38. The lowest BCUT2D eigenvalue weighted by Gasteiger charge is -2.19. The highest BCUT2D eigenvalue weighted by Gasteiger charge is 2.27. The summed E-state index contributed by atoms with van der Waals surface area (Å²) in [5.74, 6) is 0.819. The molecule has 6 nitrogen and oxygen atoms in total. The first-order chi connectivity index (χ1) is 9.61. The first-order valence-corrected chi connectivity index (χ1v) is 7.06. The molecule has 1 aliphatic carbocycles. The molecule has 1 atom stereocenters. The van der Waals surface area contributed by atoms with Crippen LogP contribution in [-0.2, 0) is 9.59 Å². The summed E-state index contributed by atoms with van der Waals surface area (Å²) in [4.78, 5) is 27.2. The predicted molar refractivity (Wildman–Crippen MR) is 73.0 cm³/mol. The number of hydrogen-bond acceptors (Lipinski definition) is 4. The van der Waals surface area contributed by atoms with E-state index in [1.54, 1.807) is 6.20 Å². The molecule has 1 aromatic rings. The van der Waals surface area contributed by atoms with E-state index in [0.717, 1.165) is 18.6 Å². The van der Waals surface area contributed by atoms with Crippen LogP contribution < -0.4 is 10.6 Å². The van der Waals surface area contributed by atoms with Crippen LogP contribution in [-0.4, -0.2) is 23.8 Å². The molecule has 0 radical (unpaired) electrons.